The number of nitrogens with one attached hydrogen (secondary N) is 2. The molecule has 0 radical (unpaired) electrons. The highest BCUT2D eigenvalue weighted by molar-refractivity contribution is 5.96. The molecule has 0 spiro atoms. The van der Waals surface area contributed by atoms with E-state index >= 15 is 0 Å². The summed E-state index contributed by atoms with van der Waals surface area (Å²) < 4.78 is 29.0. The Bertz CT molecular complexity index is 1260. The summed E-state index contributed by atoms with van der Waals surface area (Å²) in [5, 5.41) is 6.20. The van der Waals surface area contributed by atoms with Gasteiger partial charge in [0.2, 0.25) is 0 Å². The summed E-state index contributed by atoms with van der Waals surface area (Å²) in [6.45, 7) is -0.352. The molecule has 0 heterocycles. The first-order chi connectivity index (χ1) is 16.9. The van der Waals surface area contributed by atoms with Gasteiger partial charge in [-0.3, -0.25) is 9.59 Å². The second-order valence-corrected chi connectivity index (χ2v) is 7.02. The molecular formula is C25H22FN3O6. The van der Waals surface area contributed by atoms with Crippen molar-refractivity contribution in [2.24, 2.45) is 5.10 Å². The van der Waals surface area contributed by atoms with E-state index in [1.54, 1.807) is 36.4 Å². The lowest BCUT2D eigenvalue weighted by atomic mass is 10.2. The Morgan fingerprint density at radius 3 is 2.43 bits per heavy atom. The monoisotopic (exact) mass is 479 g/mol. The van der Waals surface area contributed by atoms with Gasteiger partial charge < -0.3 is 19.5 Å². The summed E-state index contributed by atoms with van der Waals surface area (Å²) in [5.74, 6) is -1.32. The minimum Gasteiger partial charge on any atom is -0.497 e. The van der Waals surface area contributed by atoms with Crippen LogP contribution in [-0.2, 0) is 4.79 Å². The smallest absolute Gasteiger partial charge is 0.343 e. The third kappa shape index (κ3) is 7.13. The summed E-state index contributed by atoms with van der Waals surface area (Å²) in [6, 6.07) is 16.3. The molecule has 3 rings (SSSR count). The largest absolute Gasteiger partial charge is 0.497 e. The Hall–Kier alpha value is -4.73. The van der Waals surface area contributed by atoms with Crippen LogP contribution in [-0.4, -0.2) is 44.8 Å². The van der Waals surface area contributed by atoms with Gasteiger partial charge in [-0.25, -0.2) is 14.6 Å². The van der Waals surface area contributed by atoms with E-state index in [4.69, 9.17) is 14.2 Å². The van der Waals surface area contributed by atoms with E-state index in [1.165, 1.54) is 44.7 Å². The molecule has 3 aromatic carbocycles. The number of benzene rings is 3. The second-order valence-electron chi connectivity index (χ2n) is 7.02. The van der Waals surface area contributed by atoms with Gasteiger partial charge in [0.15, 0.2) is 11.5 Å². The molecule has 10 heteroatoms. The number of ether oxygens (including phenoxy) is 3. The van der Waals surface area contributed by atoms with Crippen LogP contribution in [0.15, 0.2) is 71.8 Å². The molecule has 35 heavy (non-hydrogen) atoms. The Balaban J connectivity index is 1.55. The lowest BCUT2D eigenvalue weighted by molar-refractivity contribution is -0.120. The summed E-state index contributed by atoms with van der Waals surface area (Å²) in [6.07, 6.45) is 1.35. The fraction of sp³-hybridized carbons (Fsp3) is 0.120. The van der Waals surface area contributed by atoms with Crippen molar-refractivity contribution in [1.82, 2.24) is 10.7 Å². The average molecular weight is 479 g/mol. The first kappa shape index (κ1) is 24.9. The van der Waals surface area contributed by atoms with Crippen LogP contribution in [0.25, 0.3) is 0 Å². The number of carbonyl (C=O) groups is 3. The van der Waals surface area contributed by atoms with Crippen molar-refractivity contribution in [3.05, 3.63) is 89.2 Å². The minimum absolute atomic E-state index is 0.0978. The quantitative estimate of drug-likeness (QED) is 0.211. The van der Waals surface area contributed by atoms with E-state index < -0.39 is 23.6 Å². The van der Waals surface area contributed by atoms with Gasteiger partial charge in [-0.15, -0.1) is 0 Å². The number of halogens is 1. The van der Waals surface area contributed by atoms with Crippen molar-refractivity contribution >= 4 is 24.0 Å². The topological polar surface area (TPSA) is 115 Å². The third-order valence-electron chi connectivity index (χ3n) is 4.59. The molecule has 180 valence electrons. The average Bonchev–Trinajstić information content (AvgIpc) is 2.88. The van der Waals surface area contributed by atoms with Crippen LogP contribution in [0.5, 0.6) is 17.2 Å². The molecule has 2 amide bonds. The van der Waals surface area contributed by atoms with Gasteiger partial charge in [0.25, 0.3) is 11.8 Å². The predicted molar refractivity (Wildman–Crippen MR) is 125 cm³/mol. The van der Waals surface area contributed by atoms with Gasteiger partial charge in [0.1, 0.15) is 11.6 Å². The van der Waals surface area contributed by atoms with E-state index in [1.807, 2.05) is 0 Å². The standard InChI is InChI=1S/C25H22FN3O6/c1-33-20-8-4-6-18(13-20)25(32)35-21-10-9-16(11-22(21)34-2)14-28-29-23(30)15-27-24(31)17-5-3-7-19(26)12-17/h3-14H,15H2,1-2H3,(H,27,31)(H,29,30)/b28-14-. The molecule has 0 bridgehead atoms. The number of rotatable bonds is 9. The Morgan fingerprint density at radius 2 is 1.69 bits per heavy atom. The normalized spacial score (nSPS) is 10.5. The van der Waals surface area contributed by atoms with Crippen molar-refractivity contribution in [3.8, 4) is 17.2 Å². The maximum Gasteiger partial charge on any atom is 0.343 e. The van der Waals surface area contributed by atoms with Gasteiger partial charge in [-0.2, -0.15) is 5.10 Å². The number of amides is 2. The zero-order valence-corrected chi connectivity index (χ0v) is 18.9. The number of carbonyl (C=O) groups excluding carboxylic acids is 3. The number of hydrazone groups is 1. The summed E-state index contributed by atoms with van der Waals surface area (Å²) in [5.41, 5.74) is 3.23. The fourth-order valence-electron chi connectivity index (χ4n) is 2.87. The van der Waals surface area contributed by atoms with E-state index in [2.05, 4.69) is 15.8 Å². The summed E-state index contributed by atoms with van der Waals surface area (Å²) in [7, 11) is 2.92. The molecule has 0 saturated carbocycles. The van der Waals surface area contributed by atoms with Crippen LogP contribution in [0, 0.1) is 5.82 Å². The van der Waals surface area contributed by atoms with Gasteiger partial charge in [-0.1, -0.05) is 12.1 Å². The second kappa shape index (κ2) is 11.9. The lowest BCUT2D eigenvalue weighted by Crippen LogP contribution is -2.34. The number of methoxy groups -OCH3 is 2. The van der Waals surface area contributed by atoms with Crippen molar-refractivity contribution in [1.29, 1.82) is 0 Å². The molecule has 3 aromatic rings. The first-order valence-electron chi connectivity index (χ1n) is 10.3. The summed E-state index contributed by atoms with van der Waals surface area (Å²) in [4.78, 5) is 36.3. The van der Waals surface area contributed by atoms with Crippen LogP contribution in [0.2, 0.25) is 0 Å². The Labute approximate surface area is 200 Å². The minimum atomic E-state index is -0.590. The summed E-state index contributed by atoms with van der Waals surface area (Å²) >= 11 is 0. The molecule has 0 saturated heterocycles. The molecule has 0 aliphatic rings. The van der Waals surface area contributed by atoms with E-state index in [0.717, 1.165) is 6.07 Å². The third-order valence-corrected chi connectivity index (χ3v) is 4.59. The number of nitrogens with zero attached hydrogens (tertiary/aromatic N) is 1. The SMILES string of the molecule is COc1cccc(C(=O)Oc2ccc(/C=N\NC(=O)CNC(=O)c3cccc(F)c3)cc2OC)c1. The van der Waals surface area contributed by atoms with E-state index in [9.17, 15) is 18.8 Å². The maximum absolute atomic E-state index is 13.2. The molecule has 0 fully saturated rings. The van der Waals surface area contributed by atoms with Crippen LogP contribution in [0.4, 0.5) is 4.39 Å². The van der Waals surface area contributed by atoms with Crippen molar-refractivity contribution in [2.45, 2.75) is 0 Å². The van der Waals surface area contributed by atoms with Gasteiger partial charge >= 0.3 is 5.97 Å². The number of hydrogen-bond acceptors (Lipinski definition) is 7. The molecule has 2 N–H and O–H groups in total. The maximum atomic E-state index is 13.2. The lowest BCUT2D eigenvalue weighted by Gasteiger charge is -2.10. The highest BCUT2D eigenvalue weighted by Gasteiger charge is 2.14. The first-order valence-corrected chi connectivity index (χ1v) is 10.3. The zero-order chi connectivity index (χ0) is 25.2. The number of hydrogen-bond donors (Lipinski definition) is 2. The van der Waals surface area contributed by atoms with Crippen LogP contribution >= 0.6 is 0 Å². The van der Waals surface area contributed by atoms with Gasteiger partial charge in [0, 0.05) is 5.56 Å². The predicted octanol–water partition coefficient (Wildman–Crippen LogP) is 2.94. The molecule has 0 aromatic heterocycles. The van der Waals surface area contributed by atoms with Crippen LogP contribution in [0.1, 0.15) is 26.3 Å². The number of esters is 1. The molecule has 9 nitrogen and oxygen atoms in total. The fourth-order valence-corrected chi connectivity index (χ4v) is 2.87. The molecular weight excluding hydrogens is 457 g/mol. The highest BCUT2D eigenvalue weighted by atomic mass is 19.1. The van der Waals surface area contributed by atoms with E-state index in [0.29, 0.717) is 16.9 Å². The Kier molecular flexibility index (Phi) is 8.49. The van der Waals surface area contributed by atoms with Crippen LogP contribution in [0.3, 0.4) is 0 Å². The van der Waals surface area contributed by atoms with Gasteiger partial charge in [-0.05, 0) is 60.2 Å². The van der Waals surface area contributed by atoms with Crippen molar-refractivity contribution in [3.63, 3.8) is 0 Å². The van der Waals surface area contributed by atoms with Gasteiger partial charge in [0.05, 0.1) is 32.5 Å². The zero-order valence-electron chi connectivity index (χ0n) is 18.9. The molecule has 0 aliphatic carbocycles. The Morgan fingerprint density at radius 1 is 0.914 bits per heavy atom. The van der Waals surface area contributed by atoms with E-state index in [-0.39, 0.29) is 23.6 Å². The molecule has 0 unspecified atom stereocenters. The van der Waals surface area contributed by atoms with Crippen molar-refractivity contribution < 1.29 is 33.0 Å². The van der Waals surface area contributed by atoms with Crippen LogP contribution < -0.4 is 25.0 Å². The molecule has 0 atom stereocenters. The van der Waals surface area contributed by atoms with Crippen molar-refractivity contribution in [2.75, 3.05) is 20.8 Å². The highest BCUT2D eigenvalue weighted by Crippen LogP contribution is 2.28. The molecule has 0 aliphatic heterocycles.